The first kappa shape index (κ1) is 18.1. The fourth-order valence-electron chi connectivity index (χ4n) is 4.73. The first-order valence-corrected chi connectivity index (χ1v) is 10.9. The van der Waals surface area contributed by atoms with Gasteiger partial charge in [0.1, 0.15) is 5.75 Å². The Labute approximate surface area is 171 Å². The number of likely N-dealkylation sites (tertiary alicyclic amines) is 1. The SMILES string of the molecule is O=C1C(Cc2c(Cl)cccc2OCC2CC2)CCN1[C@H]1CCc2ccccc21. The highest BCUT2D eigenvalue weighted by Gasteiger charge is 2.39. The lowest BCUT2D eigenvalue weighted by Crippen LogP contribution is -2.31. The number of fused-ring (bicyclic) bond motifs is 1. The van der Waals surface area contributed by atoms with Crippen LogP contribution in [0.3, 0.4) is 0 Å². The Kier molecular flexibility index (Phi) is 4.80. The maximum absolute atomic E-state index is 13.2. The number of halogens is 1. The molecule has 1 aliphatic heterocycles. The number of benzene rings is 2. The minimum Gasteiger partial charge on any atom is -0.493 e. The van der Waals surface area contributed by atoms with Crippen LogP contribution in [0.4, 0.5) is 0 Å². The number of ether oxygens (including phenoxy) is 1. The second-order valence-corrected chi connectivity index (χ2v) is 8.85. The van der Waals surface area contributed by atoms with Crippen LogP contribution in [-0.4, -0.2) is 24.0 Å². The van der Waals surface area contributed by atoms with E-state index in [0.717, 1.165) is 43.7 Å². The molecule has 5 rings (SSSR count). The Bertz CT molecular complexity index is 892. The number of nitrogens with zero attached hydrogens (tertiary/aromatic N) is 1. The van der Waals surface area contributed by atoms with E-state index in [2.05, 4.69) is 29.2 Å². The van der Waals surface area contributed by atoms with Gasteiger partial charge in [-0.05, 0) is 67.7 Å². The van der Waals surface area contributed by atoms with Crippen molar-refractivity contribution in [3.8, 4) is 5.75 Å². The number of carbonyl (C=O) groups is 1. The van der Waals surface area contributed by atoms with Crippen LogP contribution >= 0.6 is 11.6 Å². The Morgan fingerprint density at radius 2 is 1.89 bits per heavy atom. The van der Waals surface area contributed by atoms with Crippen LogP contribution in [0.5, 0.6) is 5.75 Å². The summed E-state index contributed by atoms with van der Waals surface area (Å²) in [7, 11) is 0. The van der Waals surface area contributed by atoms with Crippen molar-refractivity contribution in [3.05, 3.63) is 64.2 Å². The predicted molar refractivity (Wildman–Crippen MR) is 111 cm³/mol. The van der Waals surface area contributed by atoms with Crippen molar-refractivity contribution in [2.45, 2.75) is 44.6 Å². The summed E-state index contributed by atoms with van der Waals surface area (Å²) in [4.78, 5) is 15.4. The van der Waals surface area contributed by atoms with Crippen molar-refractivity contribution in [1.29, 1.82) is 0 Å². The molecule has 0 N–H and O–H groups in total. The van der Waals surface area contributed by atoms with E-state index in [1.807, 2.05) is 18.2 Å². The Morgan fingerprint density at radius 3 is 2.75 bits per heavy atom. The summed E-state index contributed by atoms with van der Waals surface area (Å²) in [6.45, 7) is 1.60. The zero-order valence-corrected chi connectivity index (χ0v) is 16.8. The third-order valence-electron chi connectivity index (χ3n) is 6.53. The van der Waals surface area contributed by atoms with Gasteiger partial charge in [-0.2, -0.15) is 0 Å². The molecule has 2 aliphatic carbocycles. The molecule has 0 bridgehead atoms. The molecular weight excluding hydrogens is 370 g/mol. The second kappa shape index (κ2) is 7.44. The highest BCUT2D eigenvalue weighted by Crippen LogP contribution is 2.40. The molecule has 0 radical (unpaired) electrons. The van der Waals surface area contributed by atoms with Gasteiger partial charge in [-0.3, -0.25) is 4.79 Å². The zero-order chi connectivity index (χ0) is 19.1. The molecule has 3 nitrogen and oxygen atoms in total. The van der Waals surface area contributed by atoms with Gasteiger partial charge in [0.05, 0.1) is 12.6 Å². The van der Waals surface area contributed by atoms with E-state index in [1.54, 1.807) is 0 Å². The molecule has 1 unspecified atom stereocenters. The second-order valence-electron chi connectivity index (χ2n) is 8.45. The summed E-state index contributed by atoms with van der Waals surface area (Å²) in [6, 6.07) is 14.6. The van der Waals surface area contributed by atoms with Gasteiger partial charge < -0.3 is 9.64 Å². The lowest BCUT2D eigenvalue weighted by atomic mass is 9.97. The number of carbonyl (C=O) groups excluding carboxylic acids is 1. The fourth-order valence-corrected chi connectivity index (χ4v) is 4.97. The van der Waals surface area contributed by atoms with Crippen molar-refractivity contribution in [2.75, 3.05) is 13.2 Å². The zero-order valence-electron chi connectivity index (χ0n) is 16.1. The lowest BCUT2D eigenvalue weighted by Gasteiger charge is -2.25. The number of aryl methyl sites for hydroxylation is 1. The number of rotatable bonds is 6. The third-order valence-corrected chi connectivity index (χ3v) is 6.88. The minimum atomic E-state index is -0.00376. The molecule has 0 aromatic heterocycles. The van der Waals surface area contributed by atoms with Crippen molar-refractivity contribution in [2.24, 2.45) is 11.8 Å². The number of amides is 1. The predicted octanol–water partition coefficient (Wildman–Crippen LogP) is 5.21. The van der Waals surface area contributed by atoms with Gasteiger partial charge in [0.2, 0.25) is 5.91 Å². The van der Waals surface area contributed by atoms with Gasteiger partial charge in [-0.15, -0.1) is 0 Å². The topological polar surface area (TPSA) is 29.5 Å². The molecule has 3 aliphatic rings. The van der Waals surface area contributed by atoms with Gasteiger partial charge in [-0.25, -0.2) is 0 Å². The standard InChI is InChI=1S/C24H26ClNO2/c25-21-6-3-7-23(28-15-16-8-9-16)20(21)14-18-12-13-26(24(18)27)22-11-10-17-4-1-2-5-19(17)22/h1-7,16,18,22H,8-15H2/t18?,22-/m0/s1. The molecule has 28 heavy (non-hydrogen) atoms. The van der Waals surface area contributed by atoms with Crippen molar-refractivity contribution in [3.63, 3.8) is 0 Å². The summed E-state index contributed by atoms with van der Waals surface area (Å²) < 4.78 is 6.05. The van der Waals surface area contributed by atoms with Crippen molar-refractivity contribution in [1.82, 2.24) is 4.90 Å². The van der Waals surface area contributed by atoms with Crippen LogP contribution in [0, 0.1) is 11.8 Å². The quantitative estimate of drug-likeness (QED) is 0.672. The number of hydrogen-bond donors (Lipinski definition) is 0. The first-order chi connectivity index (χ1) is 13.7. The average molecular weight is 396 g/mol. The van der Waals surface area contributed by atoms with E-state index >= 15 is 0 Å². The minimum absolute atomic E-state index is 0.00376. The molecule has 2 aromatic carbocycles. The summed E-state index contributed by atoms with van der Waals surface area (Å²) >= 11 is 6.51. The van der Waals surface area contributed by atoms with Gasteiger partial charge in [0.15, 0.2) is 0 Å². The highest BCUT2D eigenvalue weighted by molar-refractivity contribution is 6.31. The summed E-state index contributed by atoms with van der Waals surface area (Å²) in [5.74, 6) is 1.82. The molecule has 1 heterocycles. The molecule has 2 atom stereocenters. The average Bonchev–Trinajstić information content (AvgIpc) is 3.34. The van der Waals surface area contributed by atoms with Crippen LogP contribution in [0.2, 0.25) is 5.02 Å². The molecule has 1 saturated heterocycles. The van der Waals surface area contributed by atoms with Crippen molar-refractivity contribution >= 4 is 17.5 Å². The van der Waals surface area contributed by atoms with Gasteiger partial charge in [0, 0.05) is 23.0 Å². The monoisotopic (exact) mass is 395 g/mol. The van der Waals surface area contributed by atoms with Gasteiger partial charge in [0.25, 0.3) is 0 Å². The van der Waals surface area contributed by atoms with Crippen LogP contribution in [0.25, 0.3) is 0 Å². The highest BCUT2D eigenvalue weighted by atomic mass is 35.5. The summed E-state index contributed by atoms with van der Waals surface area (Å²) in [6.07, 6.45) is 6.19. The van der Waals surface area contributed by atoms with Gasteiger partial charge in [-0.1, -0.05) is 41.9 Å². The Morgan fingerprint density at radius 1 is 1.04 bits per heavy atom. The largest absolute Gasteiger partial charge is 0.493 e. The molecule has 4 heteroatoms. The molecular formula is C24H26ClNO2. The van der Waals surface area contributed by atoms with E-state index in [-0.39, 0.29) is 17.9 Å². The number of hydrogen-bond acceptors (Lipinski definition) is 2. The lowest BCUT2D eigenvalue weighted by molar-refractivity contribution is -0.133. The van der Waals surface area contributed by atoms with Crippen LogP contribution in [-0.2, 0) is 17.6 Å². The molecule has 2 aromatic rings. The van der Waals surface area contributed by atoms with E-state index < -0.39 is 0 Å². The van der Waals surface area contributed by atoms with Crippen LogP contribution in [0.1, 0.15) is 48.4 Å². The first-order valence-electron chi connectivity index (χ1n) is 10.5. The molecule has 1 saturated carbocycles. The maximum Gasteiger partial charge on any atom is 0.226 e. The van der Waals surface area contributed by atoms with E-state index in [0.29, 0.717) is 17.4 Å². The molecule has 146 valence electrons. The van der Waals surface area contributed by atoms with Gasteiger partial charge >= 0.3 is 0 Å². The van der Waals surface area contributed by atoms with E-state index in [9.17, 15) is 4.79 Å². The Balaban J connectivity index is 1.32. The maximum atomic E-state index is 13.2. The normalized spacial score (nSPS) is 23.9. The smallest absolute Gasteiger partial charge is 0.226 e. The Hall–Kier alpha value is -2.00. The van der Waals surface area contributed by atoms with E-state index in [1.165, 1.54) is 24.0 Å². The molecule has 1 amide bonds. The fraction of sp³-hybridized carbons (Fsp3) is 0.458. The third kappa shape index (κ3) is 3.41. The van der Waals surface area contributed by atoms with Crippen molar-refractivity contribution < 1.29 is 9.53 Å². The summed E-state index contributed by atoms with van der Waals surface area (Å²) in [5, 5.41) is 0.714. The van der Waals surface area contributed by atoms with Crippen LogP contribution in [0.15, 0.2) is 42.5 Å². The summed E-state index contributed by atoms with van der Waals surface area (Å²) in [5.41, 5.74) is 3.73. The molecule has 2 fully saturated rings. The molecule has 0 spiro atoms. The van der Waals surface area contributed by atoms with Crippen LogP contribution < -0.4 is 4.74 Å². The van der Waals surface area contributed by atoms with E-state index in [4.69, 9.17) is 16.3 Å².